The second-order valence-electron chi connectivity index (χ2n) is 1.60. The van der Waals surface area contributed by atoms with Gasteiger partial charge in [-0.1, -0.05) is 0 Å². The number of nitrogens with one attached hydrogen (secondary N) is 1. The number of rotatable bonds is 2. The fourth-order valence-electron chi connectivity index (χ4n) is 0.330. The molecule has 0 aromatic carbocycles. The molecule has 8 heteroatoms. The van der Waals surface area contributed by atoms with Gasteiger partial charge in [0.1, 0.15) is 5.75 Å². The molecule has 3 amide bonds. The number of nitrogens with two attached hydrogens (primary N) is 1. The largest absolute Gasteiger partial charge is 0.351 e. The lowest BCUT2D eigenvalue weighted by Gasteiger charge is -1.95. The lowest BCUT2D eigenvalue weighted by molar-refractivity contribution is -0.117. The van der Waals surface area contributed by atoms with E-state index in [4.69, 9.17) is 0 Å². The summed E-state index contributed by atoms with van der Waals surface area (Å²) in [6, 6.07) is -1.12. The molecule has 3 N–H and O–H groups in total. The van der Waals surface area contributed by atoms with Crippen LogP contribution >= 0.6 is 10.7 Å². The van der Waals surface area contributed by atoms with Gasteiger partial charge in [-0.2, -0.15) is 0 Å². The maximum atomic E-state index is 10.4. The van der Waals surface area contributed by atoms with E-state index in [1.807, 2.05) is 0 Å². The van der Waals surface area contributed by atoms with E-state index in [0.717, 1.165) is 0 Å². The zero-order valence-corrected chi connectivity index (χ0v) is 6.78. The third-order valence-corrected chi connectivity index (χ3v) is 1.50. The molecule has 0 aromatic heterocycles. The summed E-state index contributed by atoms with van der Waals surface area (Å²) < 4.78 is 20.4. The third kappa shape index (κ3) is 7.07. The minimum atomic E-state index is -3.92. The number of imide groups is 1. The van der Waals surface area contributed by atoms with Gasteiger partial charge in [-0.3, -0.25) is 10.1 Å². The van der Waals surface area contributed by atoms with E-state index in [-0.39, 0.29) is 0 Å². The second kappa shape index (κ2) is 3.54. The average Bonchev–Trinajstić information content (AvgIpc) is 1.53. The van der Waals surface area contributed by atoms with Crippen molar-refractivity contribution < 1.29 is 18.0 Å². The Bertz CT molecular complexity index is 271. The number of primary amides is 1. The van der Waals surface area contributed by atoms with Crippen LogP contribution in [0.3, 0.4) is 0 Å². The van der Waals surface area contributed by atoms with E-state index in [1.54, 1.807) is 0 Å². The molecule has 0 atom stereocenters. The number of hydrogen-bond acceptors (Lipinski definition) is 4. The van der Waals surface area contributed by atoms with Gasteiger partial charge in [0.15, 0.2) is 0 Å². The lowest BCUT2D eigenvalue weighted by atomic mass is 10.7. The maximum Gasteiger partial charge on any atom is 0.318 e. The van der Waals surface area contributed by atoms with E-state index in [1.165, 1.54) is 5.32 Å². The van der Waals surface area contributed by atoms with Gasteiger partial charge in [0.05, 0.1) is 0 Å². The summed E-state index contributed by atoms with van der Waals surface area (Å²) >= 11 is 0. The molecular weight excluding hydrogens is 196 g/mol. The summed E-state index contributed by atoms with van der Waals surface area (Å²) in [7, 11) is 0.754. The third-order valence-electron chi connectivity index (χ3n) is 0.566. The molecule has 0 bridgehead atoms. The van der Waals surface area contributed by atoms with Crippen molar-refractivity contribution in [3.63, 3.8) is 0 Å². The van der Waals surface area contributed by atoms with Crippen molar-refractivity contribution in [3.05, 3.63) is 0 Å². The predicted molar refractivity (Wildman–Crippen MR) is 37.4 cm³/mol. The zero-order chi connectivity index (χ0) is 9.07. The Kier molecular flexibility index (Phi) is 3.27. The first kappa shape index (κ1) is 10.2. The molecule has 11 heavy (non-hydrogen) atoms. The van der Waals surface area contributed by atoms with Crippen LogP contribution in [0, 0.1) is 0 Å². The summed E-state index contributed by atoms with van der Waals surface area (Å²) in [5.74, 6) is -2.01. The Hall–Kier alpha value is -0.820. The summed E-state index contributed by atoms with van der Waals surface area (Å²) in [6.07, 6.45) is 0. The highest BCUT2D eigenvalue weighted by Crippen LogP contribution is 1.94. The summed E-state index contributed by atoms with van der Waals surface area (Å²) in [6.45, 7) is 0. The first-order chi connectivity index (χ1) is 4.81. The quantitative estimate of drug-likeness (QED) is 0.543. The number of halogens is 1. The van der Waals surface area contributed by atoms with Gasteiger partial charge in [0.25, 0.3) is 0 Å². The fourth-order valence-corrected chi connectivity index (χ4v) is 1.01. The molecule has 0 saturated heterocycles. The number of urea groups is 1. The van der Waals surface area contributed by atoms with Crippen LogP contribution in [0.5, 0.6) is 0 Å². The number of hydrogen-bond donors (Lipinski definition) is 2. The summed E-state index contributed by atoms with van der Waals surface area (Å²) in [4.78, 5) is 20.3. The molecule has 64 valence electrons. The highest BCUT2D eigenvalue weighted by atomic mass is 35.7. The Morgan fingerprint density at radius 1 is 1.45 bits per heavy atom. The van der Waals surface area contributed by atoms with E-state index in [0.29, 0.717) is 0 Å². The van der Waals surface area contributed by atoms with Gasteiger partial charge >= 0.3 is 6.03 Å². The van der Waals surface area contributed by atoms with E-state index < -0.39 is 26.7 Å². The van der Waals surface area contributed by atoms with Crippen LogP contribution in [0.4, 0.5) is 4.79 Å². The molecular formula is C3H5ClN2O4S. The van der Waals surface area contributed by atoms with Gasteiger partial charge in [-0.05, 0) is 0 Å². The van der Waals surface area contributed by atoms with Crippen LogP contribution in [-0.4, -0.2) is 26.1 Å². The van der Waals surface area contributed by atoms with Crippen LogP contribution in [0.1, 0.15) is 0 Å². The van der Waals surface area contributed by atoms with Gasteiger partial charge in [-0.15, -0.1) is 0 Å². The van der Waals surface area contributed by atoms with Crippen molar-refractivity contribution >= 4 is 31.7 Å². The van der Waals surface area contributed by atoms with E-state index in [2.05, 4.69) is 16.4 Å². The first-order valence-corrected chi connectivity index (χ1v) is 4.81. The zero-order valence-electron chi connectivity index (χ0n) is 5.20. The van der Waals surface area contributed by atoms with Crippen molar-refractivity contribution in [2.45, 2.75) is 0 Å². The standard InChI is InChI=1S/C3H5ClN2O4S/c4-11(9,10)1-2(7)6-3(5)8/h1H2,(H3,5,6,7,8). The predicted octanol–water partition coefficient (Wildman–Crippen LogP) is -1.25. The Labute approximate surface area is 67.1 Å². The van der Waals surface area contributed by atoms with Gasteiger partial charge in [0.2, 0.25) is 15.0 Å². The Balaban J connectivity index is 4.01. The molecule has 0 aromatic rings. The molecule has 0 aliphatic heterocycles. The van der Waals surface area contributed by atoms with Crippen molar-refractivity contribution in [1.82, 2.24) is 5.32 Å². The number of carbonyl (C=O) groups is 2. The lowest BCUT2D eigenvalue weighted by Crippen LogP contribution is -2.37. The summed E-state index contributed by atoms with van der Waals surface area (Å²) in [5.41, 5.74) is 4.50. The molecule has 0 aliphatic carbocycles. The number of carbonyl (C=O) groups excluding carboxylic acids is 2. The van der Waals surface area contributed by atoms with Crippen LogP contribution in [-0.2, 0) is 13.8 Å². The molecule has 0 fully saturated rings. The van der Waals surface area contributed by atoms with Crippen molar-refractivity contribution in [1.29, 1.82) is 0 Å². The molecule has 0 rings (SSSR count). The normalized spacial score (nSPS) is 10.6. The molecule has 0 spiro atoms. The van der Waals surface area contributed by atoms with Gasteiger partial charge < -0.3 is 5.73 Å². The fraction of sp³-hybridized carbons (Fsp3) is 0.333. The van der Waals surface area contributed by atoms with Crippen LogP contribution < -0.4 is 11.1 Å². The van der Waals surface area contributed by atoms with Gasteiger partial charge in [-0.25, -0.2) is 13.2 Å². The minimum absolute atomic E-state index is 0.961. The molecule has 0 unspecified atom stereocenters. The topological polar surface area (TPSA) is 106 Å². The SMILES string of the molecule is NC(=O)NC(=O)CS(=O)(=O)Cl. The van der Waals surface area contributed by atoms with Crippen LogP contribution in [0.2, 0.25) is 0 Å². The van der Waals surface area contributed by atoms with Crippen molar-refractivity contribution in [2.75, 3.05) is 5.75 Å². The van der Waals surface area contributed by atoms with Crippen molar-refractivity contribution in [2.24, 2.45) is 5.73 Å². The second-order valence-corrected chi connectivity index (χ2v) is 4.37. The van der Waals surface area contributed by atoms with E-state index >= 15 is 0 Å². The average molecular weight is 201 g/mol. The van der Waals surface area contributed by atoms with Crippen LogP contribution in [0.25, 0.3) is 0 Å². The minimum Gasteiger partial charge on any atom is -0.351 e. The maximum absolute atomic E-state index is 10.4. The monoisotopic (exact) mass is 200 g/mol. The highest BCUT2D eigenvalue weighted by Gasteiger charge is 2.13. The Morgan fingerprint density at radius 2 is 1.91 bits per heavy atom. The van der Waals surface area contributed by atoms with E-state index in [9.17, 15) is 18.0 Å². The molecule has 6 nitrogen and oxygen atoms in total. The molecule has 0 heterocycles. The summed E-state index contributed by atoms with van der Waals surface area (Å²) in [5, 5.41) is 1.54. The smallest absolute Gasteiger partial charge is 0.318 e. The molecule has 0 aliphatic rings. The van der Waals surface area contributed by atoms with Gasteiger partial charge in [0, 0.05) is 10.7 Å². The van der Waals surface area contributed by atoms with Crippen molar-refractivity contribution in [3.8, 4) is 0 Å². The van der Waals surface area contributed by atoms with Crippen LogP contribution in [0.15, 0.2) is 0 Å². The molecule has 0 radical (unpaired) electrons. The first-order valence-electron chi connectivity index (χ1n) is 2.33. The Morgan fingerprint density at radius 3 is 2.18 bits per heavy atom. The number of amides is 3. The molecule has 0 saturated carbocycles. The highest BCUT2D eigenvalue weighted by molar-refractivity contribution is 8.14.